The third kappa shape index (κ3) is 2.93. The van der Waals surface area contributed by atoms with Gasteiger partial charge in [-0.25, -0.2) is 0 Å². The van der Waals surface area contributed by atoms with Crippen LogP contribution in [0.3, 0.4) is 0 Å². The van der Waals surface area contributed by atoms with Gasteiger partial charge in [0.15, 0.2) is 0 Å². The van der Waals surface area contributed by atoms with Crippen LogP contribution in [0.25, 0.3) is 0 Å². The molecule has 3 heteroatoms. The van der Waals surface area contributed by atoms with Crippen LogP contribution in [0.1, 0.15) is 5.56 Å². The van der Waals surface area contributed by atoms with Crippen LogP contribution in [0.5, 0.6) is 0 Å². The van der Waals surface area contributed by atoms with Gasteiger partial charge in [0.1, 0.15) is 0 Å². The highest BCUT2D eigenvalue weighted by Crippen LogP contribution is 2.07. The molecule has 0 aliphatic heterocycles. The topological polar surface area (TPSA) is 15.6 Å². The number of benzene rings is 1. The predicted molar refractivity (Wildman–Crippen MR) is 52.7 cm³/mol. The van der Waals surface area contributed by atoms with Gasteiger partial charge in [0.2, 0.25) is 0 Å². The molecule has 0 amide bonds. The maximum atomic E-state index is 5.72. The lowest BCUT2D eigenvalue weighted by Gasteiger charge is -2.01. The van der Waals surface area contributed by atoms with Crippen molar-refractivity contribution in [3.63, 3.8) is 0 Å². The number of nitrogens with zero attached hydrogens (tertiary/aromatic N) is 2. The molecule has 0 radical (unpaired) electrons. The standard InChI is InChI=1S/C9H11ClN2/c1-12(2)11-7-8-3-5-9(10)6-4-8/h3-7H,1-2H3/b11-7-. The van der Waals surface area contributed by atoms with E-state index in [1.54, 1.807) is 11.2 Å². The zero-order valence-electron chi connectivity index (χ0n) is 7.16. The molecule has 2 nitrogen and oxygen atoms in total. The molecule has 0 aliphatic carbocycles. The molecule has 1 aromatic rings. The van der Waals surface area contributed by atoms with Gasteiger partial charge < -0.3 is 5.01 Å². The van der Waals surface area contributed by atoms with E-state index in [0.717, 1.165) is 10.6 Å². The van der Waals surface area contributed by atoms with Crippen LogP contribution >= 0.6 is 11.6 Å². The van der Waals surface area contributed by atoms with Crippen LogP contribution in [0.4, 0.5) is 0 Å². The van der Waals surface area contributed by atoms with Gasteiger partial charge in [-0.05, 0) is 17.7 Å². The summed E-state index contributed by atoms with van der Waals surface area (Å²) in [7, 11) is 3.76. The summed E-state index contributed by atoms with van der Waals surface area (Å²) < 4.78 is 0. The molecular formula is C9H11ClN2. The first kappa shape index (κ1) is 9.07. The Hall–Kier alpha value is -1.02. The number of halogens is 1. The fraction of sp³-hybridized carbons (Fsp3) is 0.222. The average molecular weight is 183 g/mol. The van der Waals surface area contributed by atoms with E-state index in [2.05, 4.69) is 5.10 Å². The van der Waals surface area contributed by atoms with E-state index in [1.165, 1.54) is 0 Å². The van der Waals surface area contributed by atoms with E-state index < -0.39 is 0 Å². The van der Waals surface area contributed by atoms with Gasteiger partial charge in [-0.2, -0.15) is 5.10 Å². The van der Waals surface area contributed by atoms with Crippen molar-refractivity contribution in [2.24, 2.45) is 5.10 Å². The Morgan fingerprint density at radius 2 is 1.83 bits per heavy atom. The monoisotopic (exact) mass is 182 g/mol. The molecule has 0 spiro atoms. The van der Waals surface area contributed by atoms with Crippen LogP contribution in [0.2, 0.25) is 5.02 Å². The third-order valence-corrected chi connectivity index (χ3v) is 1.56. The summed E-state index contributed by atoms with van der Waals surface area (Å²) in [5, 5.41) is 6.58. The van der Waals surface area contributed by atoms with Crippen molar-refractivity contribution in [3.8, 4) is 0 Å². The Kier molecular flexibility index (Phi) is 3.11. The van der Waals surface area contributed by atoms with Gasteiger partial charge in [-0.15, -0.1) is 0 Å². The lowest BCUT2D eigenvalue weighted by molar-refractivity contribution is 0.440. The molecule has 0 N–H and O–H groups in total. The first-order valence-corrected chi connectivity index (χ1v) is 4.03. The SMILES string of the molecule is CN(C)/N=C\c1ccc(Cl)cc1. The summed E-state index contributed by atoms with van der Waals surface area (Å²) in [4.78, 5) is 0. The van der Waals surface area contributed by atoms with E-state index in [0.29, 0.717) is 0 Å². The van der Waals surface area contributed by atoms with Gasteiger partial charge in [0.05, 0.1) is 6.21 Å². The summed E-state index contributed by atoms with van der Waals surface area (Å²) in [6.07, 6.45) is 1.79. The minimum absolute atomic E-state index is 0.747. The molecule has 1 aromatic carbocycles. The normalized spacial score (nSPS) is 10.6. The molecule has 0 saturated carbocycles. The van der Waals surface area contributed by atoms with Crippen molar-refractivity contribution < 1.29 is 0 Å². The van der Waals surface area contributed by atoms with Crippen LogP contribution in [0.15, 0.2) is 29.4 Å². The summed E-state index contributed by atoms with van der Waals surface area (Å²) in [6.45, 7) is 0. The molecule has 0 unspecified atom stereocenters. The molecule has 0 fully saturated rings. The summed E-state index contributed by atoms with van der Waals surface area (Å²) in [6, 6.07) is 7.54. The van der Waals surface area contributed by atoms with E-state index in [9.17, 15) is 0 Å². The molecule has 0 atom stereocenters. The van der Waals surface area contributed by atoms with Crippen molar-refractivity contribution in [3.05, 3.63) is 34.9 Å². The smallest absolute Gasteiger partial charge is 0.0542 e. The van der Waals surface area contributed by atoms with E-state index in [4.69, 9.17) is 11.6 Å². The van der Waals surface area contributed by atoms with Gasteiger partial charge in [-0.3, -0.25) is 0 Å². The number of rotatable bonds is 2. The van der Waals surface area contributed by atoms with Crippen molar-refractivity contribution in [1.29, 1.82) is 0 Å². The molecule has 64 valence electrons. The quantitative estimate of drug-likeness (QED) is 0.506. The van der Waals surface area contributed by atoms with Crippen molar-refractivity contribution >= 4 is 17.8 Å². The van der Waals surface area contributed by atoms with Gasteiger partial charge in [0, 0.05) is 19.1 Å². The molecule has 12 heavy (non-hydrogen) atoms. The van der Waals surface area contributed by atoms with Crippen LogP contribution in [0, 0.1) is 0 Å². The fourth-order valence-corrected chi connectivity index (χ4v) is 0.857. The van der Waals surface area contributed by atoms with E-state index >= 15 is 0 Å². The Morgan fingerprint density at radius 1 is 1.25 bits per heavy atom. The largest absolute Gasteiger partial charge is 0.303 e. The van der Waals surface area contributed by atoms with Crippen molar-refractivity contribution in [2.75, 3.05) is 14.1 Å². The Bertz CT molecular complexity index is 264. The minimum atomic E-state index is 0.747. The van der Waals surface area contributed by atoms with Gasteiger partial charge in [-0.1, -0.05) is 23.7 Å². The van der Waals surface area contributed by atoms with Crippen molar-refractivity contribution in [2.45, 2.75) is 0 Å². The first-order chi connectivity index (χ1) is 5.68. The molecule has 0 saturated heterocycles. The zero-order valence-corrected chi connectivity index (χ0v) is 7.92. The maximum Gasteiger partial charge on any atom is 0.0542 e. The highest BCUT2D eigenvalue weighted by atomic mass is 35.5. The van der Waals surface area contributed by atoms with Crippen molar-refractivity contribution in [1.82, 2.24) is 5.01 Å². The summed E-state index contributed by atoms with van der Waals surface area (Å²) in [5.74, 6) is 0. The second kappa shape index (κ2) is 4.12. The third-order valence-electron chi connectivity index (χ3n) is 1.31. The number of hydrogen-bond acceptors (Lipinski definition) is 2. The molecular weight excluding hydrogens is 172 g/mol. The second-order valence-electron chi connectivity index (χ2n) is 2.64. The molecule has 0 bridgehead atoms. The molecule has 1 rings (SSSR count). The molecule has 0 heterocycles. The van der Waals surface area contributed by atoms with E-state index in [1.807, 2.05) is 38.4 Å². The lowest BCUT2D eigenvalue weighted by Crippen LogP contribution is -2.01. The highest BCUT2D eigenvalue weighted by Gasteiger charge is 1.87. The zero-order chi connectivity index (χ0) is 8.97. The van der Waals surface area contributed by atoms with E-state index in [-0.39, 0.29) is 0 Å². The fourth-order valence-electron chi connectivity index (χ4n) is 0.731. The predicted octanol–water partition coefficient (Wildman–Crippen LogP) is 2.24. The lowest BCUT2D eigenvalue weighted by atomic mass is 10.2. The number of hydrogen-bond donors (Lipinski definition) is 0. The summed E-state index contributed by atoms with van der Waals surface area (Å²) in [5.41, 5.74) is 1.05. The van der Waals surface area contributed by atoms with Crippen LogP contribution < -0.4 is 0 Å². The first-order valence-electron chi connectivity index (χ1n) is 3.65. The van der Waals surface area contributed by atoms with Crippen LogP contribution in [-0.2, 0) is 0 Å². The Balaban J connectivity index is 2.71. The van der Waals surface area contributed by atoms with Gasteiger partial charge >= 0.3 is 0 Å². The number of hydrazone groups is 1. The maximum absolute atomic E-state index is 5.72. The Labute approximate surface area is 77.5 Å². The van der Waals surface area contributed by atoms with Crippen LogP contribution in [-0.4, -0.2) is 25.3 Å². The minimum Gasteiger partial charge on any atom is -0.303 e. The van der Waals surface area contributed by atoms with Gasteiger partial charge in [0.25, 0.3) is 0 Å². The highest BCUT2D eigenvalue weighted by molar-refractivity contribution is 6.30. The average Bonchev–Trinajstić information content (AvgIpc) is 2.03. The molecule has 0 aliphatic rings. The Morgan fingerprint density at radius 3 is 2.33 bits per heavy atom. The molecule has 0 aromatic heterocycles. The second-order valence-corrected chi connectivity index (χ2v) is 3.08. The summed E-state index contributed by atoms with van der Waals surface area (Å²) >= 11 is 5.72.